The lowest BCUT2D eigenvalue weighted by atomic mass is 10.0. The number of piperidine rings is 1. The number of nitrogens with one attached hydrogen (secondary N) is 1. The average molecular weight is 391 g/mol. The molecule has 27 heavy (non-hydrogen) atoms. The van der Waals surface area contributed by atoms with Gasteiger partial charge in [-0.1, -0.05) is 17.7 Å². The summed E-state index contributed by atoms with van der Waals surface area (Å²) in [7, 11) is 3.10. The van der Waals surface area contributed by atoms with E-state index in [-0.39, 0.29) is 5.75 Å². The third-order valence-electron chi connectivity index (χ3n) is 5.16. The summed E-state index contributed by atoms with van der Waals surface area (Å²) in [6.07, 6.45) is 2.14. The van der Waals surface area contributed by atoms with Gasteiger partial charge in [-0.3, -0.25) is 4.90 Å². The lowest BCUT2D eigenvalue weighted by molar-refractivity contribution is 0.210. The van der Waals surface area contributed by atoms with Gasteiger partial charge < -0.3 is 19.9 Å². The number of benzene rings is 2. The van der Waals surface area contributed by atoms with E-state index >= 15 is 0 Å². The number of ether oxygens (including phenoxy) is 2. The van der Waals surface area contributed by atoms with Gasteiger partial charge in [0.2, 0.25) is 5.75 Å². The molecule has 1 aliphatic heterocycles. The zero-order valence-corrected chi connectivity index (χ0v) is 16.8. The predicted octanol–water partition coefficient (Wildman–Crippen LogP) is 4.45. The Balaban J connectivity index is 1.59. The molecule has 0 aromatic heterocycles. The summed E-state index contributed by atoms with van der Waals surface area (Å²) in [6, 6.07) is 10.2. The van der Waals surface area contributed by atoms with Crippen LogP contribution in [0.25, 0.3) is 0 Å². The van der Waals surface area contributed by atoms with Crippen LogP contribution in [0.2, 0.25) is 5.02 Å². The van der Waals surface area contributed by atoms with Crippen LogP contribution in [0.3, 0.4) is 0 Å². The van der Waals surface area contributed by atoms with Crippen molar-refractivity contribution in [2.75, 3.05) is 32.6 Å². The quantitative estimate of drug-likeness (QED) is 0.763. The minimum Gasteiger partial charge on any atom is -0.502 e. The molecule has 146 valence electrons. The molecule has 1 aliphatic rings. The van der Waals surface area contributed by atoms with E-state index in [4.69, 9.17) is 21.1 Å². The minimum atomic E-state index is 0.0450. The molecule has 0 amide bonds. The number of aromatic hydroxyl groups is 1. The molecule has 6 heteroatoms. The normalized spacial score (nSPS) is 15.6. The minimum absolute atomic E-state index is 0.0450. The molecular weight excluding hydrogens is 364 g/mol. The Kier molecular flexibility index (Phi) is 6.34. The van der Waals surface area contributed by atoms with Gasteiger partial charge in [-0.2, -0.15) is 0 Å². The Morgan fingerprint density at radius 1 is 1.15 bits per heavy atom. The van der Waals surface area contributed by atoms with Gasteiger partial charge in [-0.05, 0) is 55.2 Å². The maximum atomic E-state index is 10.1. The first kappa shape index (κ1) is 19.6. The largest absolute Gasteiger partial charge is 0.502 e. The van der Waals surface area contributed by atoms with Crippen molar-refractivity contribution < 1.29 is 14.6 Å². The van der Waals surface area contributed by atoms with Crippen LogP contribution < -0.4 is 14.8 Å². The smallest absolute Gasteiger partial charge is 0.200 e. The summed E-state index contributed by atoms with van der Waals surface area (Å²) in [5.74, 6) is 0.929. The number of phenolic OH excluding ortho intramolecular Hbond substituents is 1. The van der Waals surface area contributed by atoms with Gasteiger partial charge >= 0.3 is 0 Å². The highest BCUT2D eigenvalue weighted by molar-refractivity contribution is 6.31. The first-order valence-corrected chi connectivity index (χ1v) is 9.57. The highest BCUT2D eigenvalue weighted by Gasteiger charge is 2.21. The molecule has 1 heterocycles. The third kappa shape index (κ3) is 4.60. The van der Waals surface area contributed by atoms with Crippen LogP contribution in [0.5, 0.6) is 17.2 Å². The molecule has 2 aromatic carbocycles. The van der Waals surface area contributed by atoms with E-state index in [0.29, 0.717) is 17.5 Å². The fraction of sp³-hybridized carbons (Fsp3) is 0.429. The molecule has 0 unspecified atom stereocenters. The van der Waals surface area contributed by atoms with Crippen LogP contribution in [0, 0.1) is 6.92 Å². The second kappa shape index (κ2) is 8.72. The van der Waals surface area contributed by atoms with Crippen LogP contribution in [-0.4, -0.2) is 43.4 Å². The lowest BCUT2D eigenvalue weighted by Crippen LogP contribution is -2.38. The zero-order chi connectivity index (χ0) is 19.4. The number of methoxy groups -OCH3 is 2. The second-order valence-corrected chi connectivity index (χ2v) is 7.36. The highest BCUT2D eigenvalue weighted by atomic mass is 35.5. The van der Waals surface area contributed by atoms with Crippen molar-refractivity contribution in [2.24, 2.45) is 0 Å². The Hall–Kier alpha value is -2.11. The van der Waals surface area contributed by atoms with Crippen molar-refractivity contribution >= 4 is 17.3 Å². The summed E-state index contributed by atoms with van der Waals surface area (Å²) in [5.41, 5.74) is 3.29. The van der Waals surface area contributed by atoms with Crippen molar-refractivity contribution in [1.82, 2.24) is 4.90 Å². The molecule has 0 saturated carbocycles. The fourth-order valence-electron chi connectivity index (χ4n) is 3.52. The fourth-order valence-corrected chi connectivity index (χ4v) is 3.69. The molecule has 2 N–H and O–H groups in total. The first-order valence-electron chi connectivity index (χ1n) is 9.19. The van der Waals surface area contributed by atoms with Crippen molar-refractivity contribution in [3.05, 3.63) is 46.5 Å². The van der Waals surface area contributed by atoms with Crippen LogP contribution in [0.1, 0.15) is 24.0 Å². The number of likely N-dealkylation sites (tertiary alicyclic amines) is 1. The molecule has 5 nitrogen and oxygen atoms in total. The maximum Gasteiger partial charge on any atom is 0.200 e. The van der Waals surface area contributed by atoms with Gasteiger partial charge in [0.1, 0.15) is 0 Å². The van der Waals surface area contributed by atoms with Crippen molar-refractivity contribution in [2.45, 2.75) is 32.4 Å². The number of halogens is 1. The molecule has 1 fully saturated rings. The zero-order valence-electron chi connectivity index (χ0n) is 16.1. The van der Waals surface area contributed by atoms with Gasteiger partial charge in [0.25, 0.3) is 0 Å². The van der Waals surface area contributed by atoms with Gasteiger partial charge in [0.05, 0.1) is 14.2 Å². The number of hydrogen-bond acceptors (Lipinski definition) is 5. The van der Waals surface area contributed by atoms with Crippen LogP contribution in [0.15, 0.2) is 30.3 Å². The van der Waals surface area contributed by atoms with E-state index in [1.54, 1.807) is 14.2 Å². The molecule has 0 aliphatic carbocycles. The van der Waals surface area contributed by atoms with Gasteiger partial charge in [0.15, 0.2) is 11.5 Å². The van der Waals surface area contributed by atoms with Crippen molar-refractivity contribution in [1.29, 1.82) is 0 Å². The molecule has 0 spiro atoms. The first-order chi connectivity index (χ1) is 13.0. The number of phenols is 1. The Morgan fingerprint density at radius 2 is 1.78 bits per heavy atom. The number of nitrogens with zero attached hydrogens (tertiary/aromatic N) is 1. The monoisotopic (exact) mass is 390 g/mol. The standard InChI is InChI=1S/C21H27ClN2O3/c1-14-17(22)5-4-6-18(14)23-16-7-9-24(10-8-16)13-15-11-19(26-2)21(25)20(12-15)27-3/h4-6,11-12,16,23,25H,7-10,13H2,1-3H3. The van der Waals surface area contributed by atoms with E-state index in [0.717, 1.165) is 54.3 Å². The van der Waals surface area contributed by atoms with E-state index in [9.17, 15) is 5.11 Å². The highest BCUT2D eigenvalue weighted by Crippen LogP contribution is 2.37. The van der Waals surface area contributed by atoms with Crippen molar-refractivity contribution in [3.8, 4) is 17.2 Å². The van der Waals surface area contributed by atoms with Crippen LogP contribution in [-0.2, 0) is 6.54 Å². The van der Waals surface area contributed by atoms with E-state index in [1.807, 2.05) is 31.2 Å². The molecular formula is C21H27ClN2O3. The molecule has 0 atom stereocenters. The Labute approximate surface area is 165 Å². The summed E-state index contributed by atoms with van der Waals surface area (Å²) in [5, 5.41) is 14.5. The van der Waals surface area contributed by atoms with Crippen LogP contribution in [0.4, 0.5) is 5.69 Å². The predicted molar refractivity (Wildman–Crippen MR) is 109 cm³/mol. The topological polar surface area (TPSA) is 54.0 Å². The van der Waals surface area contributed by atoms with E-state index in [1.165, 1.54) is 0 Å². The Bertz CT molecular complexity index is 764. The number of rotatable bonds is 6. The third-order valence-corrected chi connectivity index (χ3v) is 5.57. The lowest BCUT2D eigenvalue weighted by Gasteiger charge is -2.33. The van der Waals surface area contributed by atoms with Gasteiger partial charge in [-0.25, -0.2) is 0 Å². The summed E-state index contributed by atoms with van der Waals surface area (Å²) in [4.78, 5) is 2.41. The Morgan fingerprint density at radius 3 is 2.37 bits per heavy atom. The molecule has 3 rings (SSSR count). The average Bonchev–Trinajstić information content (AvgIpc) is 2.68. The van der Waals surface area contributed by atoms with Gasteiger partial charge in [-0.15, -0.1) is 0 Å². The SMILES string of the molecule is COc1cc(CN2CCC(Nc3cccc(Cl)c3C)CC2)cc(OC)c1O. The summed E-state index contributed by atoms with van der Waals surface area (Å²) in [6.45, 7) is 4.85. The second-order valence-electron chi connectivity index (χ2n) is 6.96. The van der Waals surface area contributed by atoms with E-state index < -0.39 is 0 Å². The number of hydrogen-bond donors (Lipinski definition) is 2. The molecule has 0 bridgehead atoms. The van der Waals surface area contributed by atoms with E-state index in [2.05, 4.69) is 16.3 Å². The van der Waals surface area contributed by atoms with Gasteiger partial charge in [0, 0.05) is 36.4 Å². The summed E-state index contributed by atoms with van der Waals surface area (Å²) < 4.78 is 10.5. The van der Waals surface area contributed by atoms with Crippen molar-refractivity contribution in [3.63, 3.8) is 0 Å². The molecule has 0 radical (unpaired) electrons. The maximum absolute atomic E-state index is 10.1. The molecule has 1 saturated heterocycles. The molecule has 2 aromatic rings. The number of anilines is 1. The van der Waals surface area contributed by atoms with Crippen LogP contribution >= 0.6 is 11.6 Å². The summed E-state index contributed by atoms with van der Waals surface area (Å²) >= 11 is 6.22.